The molecule has 0 spiro atoms. The minimum atomic E-state index is -5.31. The summed E-state index contributed by atoms with van der Waals surface area (Å²) in [4.78, 5) is 45.2. The summed E-state index contributed by atoms with van der Waals surface area (Å²) in [5.74, 6) is 31.9. The van der Waals surface area contributed by atoms with E-state index in [2.05, 4.69) is 94.3 Å². The van der Waals surface area contributed by atoms with E-state index < -0.39 is 39.1 Å². The van der Waals surface area contributed by atoms with Crippen molar-refractivity contribution in [1.29, 1.82) is 0 Å². The van der Waals surface area contributed by atoms with Crippen LogP contribution in [0.1, 0.15) is 58.8 Å². The van der Waals surface area contributed by atoms with Crippen LogP contribution in [0.3, 0.4) is 0 Å². The van der Waals surface area contributed by atoms with Crippen LogP contribution in [0.2, 0.25) is 0 Å². The average molecular weight is 566 g/mol. The van der Waals surface area contributed by atoms with E-state index in [0.29, 0.717) is 6.42 Å². The first-order valence-electron chi connectivity index (χ1n) is 11.2. The monoisotopic (exact) mass is 566 g/mol. The van der Waals surface area contributed by atoms with Gasteiger partial charge >= 0.3 is 71.1 Å². The second kappa shape index (κ2) is 29.0. The van der Waals surface area contributed by atoms with Gasteiger partial charge in [-0.1, -0.05) is 44.9 Å². The van der Waals surface area contributed by atoms with Crippen LogP contribution in [0.4, 0.5) is 0 Å². The Morgan fingerprint density at radius 2 is 1.23 bits per heavy atom. The third-order valence-electron chi connectivity index (χ3n) is 3.83. The van der Waals surface area contributed by atoms with E-state index in [0.717, 1.165) is 32.1 Å². The van der Waals surface area contributed by atoms with E-state index in [-0.39, 0.29) is 65.5 Å². The molecule has 0 fully saturated rings. The van der Waals surface area contributed by atoms with Gasteiger partial charge in [0.25, 0.3) is 0 Å². The van der Waals surface area contributed by atoms with Gasteiger partial charge in [-0.15, -0.1) is 0 Å². The van der Waals surface area contributed by atoms with Crippen LogP contribution in [0.5, 0.6) is 0 Å². The molecule has 0 aromatic carbocycles. The van der Waals surface area contributed by atoms with Crippen LogP contribution >= 0.6 is 7.82 Å². The van der Waals surface area contributed by atoms with Gasteiger partial charge in [0.05, 0.1) is 14.4 Å². The summed E-state index contributed by atoms with van der Waals surface area (Å²) in [5, 5.41) is 0. The third-order valence-corrected chi connectivity index (χ3v) is 4.29. The average Bonchev–Trinajstić information content (AvgIpc) is 2.85. The molecule has 11 heteroatoms. The molecule has 0 aromatic rings. The van der Waals surface area contributed by atoms with Crippen molar-refractivity contribution < 1.29 is 97.1 Å². The van der Waals surface area contributed by atoms with E-state index in [4.69, 9.17) is 9.47 Å². The van der Waals surface area contributed by atoms with Crippen LogP contribution in [-0.4, -0.2) is 31.3 Å². The van der Waals surface area contributed by atoms with Gasteiger partial charge in [-0.3, -0.25) is 4.79 Å². The molecule has 0 saturated carbocycles. The molecule has 0 N–H and O–H groups in total. The number of phosphoric ester groups is 1. The summed E-state index contributed by atoms with van der Waals surface area (Å²) >= 11 is 0. The SMILES string of the molecule is CC#CC#CC#CC#CC#CC#CC#CC(=O)OC[C@H](COP(=O)([O-])[O-])OC(=O)CCCCCCCC.[Na+].[Na+]. The zero-order valence-electron chi connectivity index (χ0n) is 22.7. The van der Waals surface area contributed by atoms with Crippen molar-refractivity contribution in [3.8, 4) is 82.9 Å². The minimum Gasteiger partial charge on any atom is -0.790 e. The Hall–Kier alpha value is -2.03. The fourth-order valence-electron chi connectivity index (χ4n) is 2.25. The van der Waals surface area contributed by atoms with E-state index in [1.54, 1.807) is 6.92 Å². The van der Waals surface area contributed by atoms with Crippen molar-refractivity contribution in [2.24, 2.45) is 0 Å². The number of esters is 2. The molecule has 0 aliphatic carbocycles. The molecule has 0 aliphatic rings. The second-order valence-electron chi connectivity index (χ2n) is 6.85. The van der Waals surface area contributed by atoms with Gasteiger partial charge in [-0.25, -0.2) is 4.79 Å². The number of hydrogen-bond donors (Lipinski definition) is 0. The molecule has 192 valence electrons. The predicted octanol–water partition coefficient (Wildman–Crippen LogP) is -4.91. The number of carbonyl (C=O) groups excluding carboxylic acids is 2. The summed E-state index contributed by atoms with van der Waals surface area (Å²) in [6.45, 7) is 2.41. The van der Waals surface area contributed by atoms with E-state index in [1.165, 1.54) is 0 Å². The fraction of sp³-hybridized carbons (Fsp3) is 0.429. The summed E-state index contributed by atoms with van der Waals surface area (Å²) < 4.78 is 24.8. The largest absolute Gasteiger partial charge is 1.00 e. The molecule has 0 amide bonds. The van der Waals surface area contributed by atoms with Crippen molar-refractivity contribution in [3.05, 3.63) is 0 Å². The first-order chi connectivity index (χ1) is 17.8. The van der Waals surface area contributed by atoms with E-state index in [9.17, 15) is 23.9 Å². The van der Waals surface area contributed by atoms with Gasteiger partial charge in [0.2, 0.25) is 0 Å². The van der Waals surface area contributed by atoms with Crippen LogP contribution in [-0.2, 0) is 28.2 Å². The number of ether oxygens (including phenoxy) is 2. The number of unbranched alkanes of at least 4 members (excludes halogenated alkanes) is 5. The molecule has 0 saturated heterocycles. The predicted molar refractivity (Wildman–Crippen MR) is 132 cm³/mol. The standard InChI is InChI=1S/C28H27O8P.2Na/c1-3-5-7-9-11-12-13-14-15-16-17-19-20-22-27(29)34-24-26(25-35-37(31,32)33)36-28(30)23-21-18-10-8-6-4-2;;/h26H,4,6,8,10,18,21,23-25H2,1-2H3,(H2,31,32,33);;/q;2*+1/p-2/t26-;;/m1../s1. The van der Waals surface area contributed by atoms with Crippen LogP contribution in [0.25, 0.3) is 0 Å². The Labute approximate surface area is 275 Å². The van der Waals surface area contributed by atoms with Gasteiger partial charge in [-0.05, 0) is 84.4 Å². The molecule has 0 radical (unpaired) electrons. The van der Waals surface area contributed by atoms with Crippen molar-refractivity contribution >= 4 is 19.8 Å². The first-order valence-corrected chi connectivity index (χ1v) is 12.7. The number of hydrogen-bond acceptors (Lipinski definition) is 8. The van der Waals surface area contributed by atoms with Crippen molar-refractivity contribution in [2.75, 3.05) is 13.2 Å². The van der Waals surface area contributed by atoms with E-state index >= 15 is 0 Å². The number of carbonyl (C=O) groups is 2. The molecular formula is C28H25Na2O8P. The summed E-state index contributed by atoms with van der Waals surface area (Å²) in [5.41, 5.74) is 0. The molecular weight excluding hydrogens is 541 g/mol. The minimum absolute atomic E-state index is 0. The summed E-state index contributed by atoms with van der Waals surface area (Å²) in [6.07, 6.45) is 4.53. The van der Waals surface area contributed by atoms with Crippen LogP contribution < -0.4 is 68.9 Å². The number of rotatable bonds is 13. The van der Waals surface area contributed by atoms with Crippen molar-refractivity contribution in [2.45, 2.75) is 64.9 Å². The normalized spacial score (nSPS) is 8.92. The summed E-state index contributed by atoms with van der Waals surface area (Å²) in [6, 6.07) is 0. The first kappa shape index (κ1) is 41.5. The third kappa shape index (κ3) is 32.1. The smallest absolute Gasteiger partial charge is 0.790 e. The van der Waals surface area contributed by atoms with Gasteiger partial charge in [0.1, 0.15) is 6.61 Å². The van der Waals surface area contributed by atoms with Gasteiger partial charge in [0.15, 0.2) is 6.10 Å². The Morgan fingerprint density at radius 1 is 0.744 bits per heavy atom. The second-order valence-corrected chi connectivity index (χ2v) is 8.00. The van der Waals surface area contributed by atoms with E-state index in [1.807, 2.05) is 0 Å². The quantitative estimate of drug-likeness (QED) is 0.0543. The fourth-order valence-corrected chi connectivity index (χ4v) is 2.60. The molecule has 39 heavy (non-hydrogen) atoms. The molecule has 0 unspecified atom stereocenters. The van der Waals surface area contributed by atoms with Gasteiger partial charge in [-0.2, -0.15) is 0 Å². The van der Waals surface area contributed by atoms with Gasteiger partial charge < -0.3 is 28.3 Å². The maximum Gasteiger partial charge on any atom is 1.00 e. The molecule has 0 heterocycles. The molecule has 1 atom stereocenters. The van der Waals surface area contributed by atoms with Gasteiger partial charge in [0, 0.05) is 12.3 Å². The zero-order chi connectivity index (χ0) is 27.6. The zero-order valence-corrected chi connectivity index (χ0v) is 27.5. The Morgan fingerprint density at radius 3 is 1.74 bits per heavy atom. The Bertz CT molecular complexity index is 1250. The number of phosphoric acid groups is 1. The Kier molecular flexibility index (Phi) is 30.8. The molecule has 0 bridgehead atoms. The molecule has 0 aromatic heterocycles. The molecule has 8 nitrogen and oxygen atoms in total. The molecule has 0 rings (SSSR count). The Balaban J connectivity index is -0.00000648. The summed E-state index contributed by atoms with van der Waals surface area (Å²) in [7, 11) is -5.31. The topological polar surface area (TPSA) is 125 Å². The van der Waals surface area contributed by atoms with Crippen LogP contribution in [0, 0.1) is 82.9 Å². The maximum atomic E-state index is 12.0. The van der Waals surface area contributed by atoms with Crippen molar-refractivity contribution in [3.63, 3.8) is 0 Å². The van der Waals surface area contributed by atoms with Crippen LogP contribution in [0.15, 0.2) is 0 Å². The maximum absolute atomic E-state index is 12.0. The van der Waals surface area contributed by atoms with Crippen molar-refractivity contribution in [1.82, 2.24) is 0 Å². The molecule has 0 aliphatic heterocycles.